The van der Waals surface area contributed by atoms with Crippen molar-refractivity contribution >= 4 is 24.2 Å². The van der Waals surface area contributed by atoms with Gasteiger partial charge in [-0.1, -0.05) is 0 Å². The predicted octanol–water partition coefficient (Wildman–Crippen LogP) is 2.04. The molecule has 0 fully saturated rings. The van der Waals surface area contributed by atoms with E-state index in [2.05, 4.69) is 10.2 Å². The topological polar surface area (TPSA) is 24.7 Å². The molecule has 7 heavy (non-hydrogen) atoms. The fraction of sp³-hybridized carbons (Fsp3) is 0.333. The second-order valence-corrected chi connectivity index (χ2v) is 1.70. The second-order valence-electron chi connectivity index (χ2n) is 0.838. The van der Waals surface area contributed by atoms with Gasteiger partial charge >= 0.3 is 0 Å². The molecule has 0 spiro atoms. The lowest BCUT2D eigenvalue weighted by atomic mass is 11.1. The quantitative estimate of drug-likeness (QED) is 0.500. The van der Waals surface area contributed by atoms with Gasteiger partial charge in [-0.15, -0.1) is 24.2 Å². The molecule has 0 atom stereocenters. The fourth-order valence-corrected chi connectivity index (χ4v) is 0.587. The molecule has 0 aliphatic carbocycles. The zero-order valence-corrected chi connectivity index (χ0v) is 5.21. The van der Waals surface area contributed by atoms with Crippen LogP contribution in [-0.2, 0) is 0 Å². The van der Waals surface area contributed by atoms with Crippen LogP contribution in [0.25, 0.3) is 0 Å². The molecule has 40 valence electrons. The molecule has 1 aliphatic heterocycles. The van der Waals surface area contributed by atoms with Crippen molar-refractivity contribution in [2.45, 2.75) is 0 Å². The highest BCUT2D eigenvalue weighted by Gasteiger charge is 1.79. The summed E-state index contributed by atoms with van der Waals surface area (Å²) in [4.78, 5) is 0. The number of hydrogen-bond acceptors (Lipinski definition) is 3. The van der Waals surface area contributed by atoms with Crippen LogP contribution in [0.4, 0.5) is 0 Å². The largest absolute Gasteiger partial charge is 0.178 e. The van der Waals surface area contributed by atoms with E-state index in [4.69, 9.17) is 0 Å². The Balaban J connectivity index is 0.000000360. The summed E-state index contributed by atoms with van der Waals surface area (Å²) in [6.07, 6.45) is 1.69. The van der Waals surface area contributed by atoms with E-state index in [1.165, 1.54) is 0 Å². The molecule has 0 amide bonds. The molecule has 1 aliphatic rings. The van der Waals surface area contributed by atoms with Gasteiger partial charge < -0.3 is 0 Å². The highest BCUT2D eigenvalue weighted by atomic mass is 35.5. The van der Waals surface area contributed by atoms with Crippen molar-refractivity contribution in [3.05, 3.63) is 11.6 Å². The normalized spacial score (nSPS) is 16.0. The third-order valence-corrected chi connectivity index (χ3v) is 1.02. The molecule has 0 bridgehead atoms. The first-order valence-corrected chi connectivity index (χ1v) is 2.68. The molecular weight excluding hydrogens is 132 g/mol. The SMILES string of the molecule is C1=CSCN=N1.Cl. The van der Waals surface area contributed by atoms with Crippen molar-refractivity contribution in [2.24, 2.45) is 10.2 Å². The van der Waals surface area contributed by atoms with Crippen molar-refractivity contribution in [3.8, 4) is 0 Å². The van der Waals surface area contributed by atoms with Gasteiger partial charge in [-0.3, -0.25) is 0 Å². The van der Waals surface area contributed by atoms with Gasteiger partial charge in [0.05, 0.1) is 6.20 Å². The van der Waals surface area contributed by atoms with Gasteiger partial charge in [0.1, 0.15) is 5.88 Å². The standard InChI is InChI=1S/C3H4N2S.ClH/c1-2-6-3-5-4-1;/h1-2H,3H2;1H. The minimum atomic E-state index is 0. The molecule has 0 saturated carbocycles. The van der Waals surface area contributed by atoms with Crippen molar-refractivity contribution in [2.75, 3.05) is 5.88 Å². The number of thioether (sulfide) groups is 1. The number of hydrogen-bond donors (Lipinski definition) is 0. The molecule has 2 nitrogen and oxygen atoms in total. The van der Waals surface area contributed by atoms with Crippen LogP contribution in [0.15, 0.2) is 21.8 Å². The third-order valence-electron chi connectivity index (χ3n) is 0.438. The summed E-state index contributed by atoms with van der Waals surface area (Å²) >= 11 is 1.65. The molecule has 1 heterocycles. The van der Waals surface area contributed by atoms with E-state index >= 15 is 0 Å². The van der Waals surface area contributed by atoms with E-state index < -0.39 is 0 Å². The summed E-state index contributed by atoms with van der Waals surface area (Å²) in [5, 5.41) is 9.20. The van der Waals surface area contributed by atoms with Gasteiger partial charge in [-0.25, -0.2) is 0 Å². The first-order valence-electron chi connectivity index (χ1n) is 1.63. The van der Waals surface area contributed by atoms with E-state index in [0.29, 0.717) is 0 Å². The fourth-order valence-electron chi connectivity index (χ4n) is 0.227. The molecule has 0 saturated heterocycles. The van der Waals surface area contributed by atoms with Crippen molar-refractivity contribution in [3.63, 3.8) is 0 Å². The molecule has 0 aromatic rings. The van der Waals surface area contributed by atoms with Gasteiger partial charge in [0.2, 0.25) is 0 Å². The lowest BCUT2D eigenvalue weighted by Gasteiger charge is -1.87. The Labute approximate surface area is 52.5 Å². The summed E-state index contributed by atoms with van der Waals surface area (Å²) in [6.45, 7) is 0. The molecule has 0 radical (unpaired) electrons. The van der Waals surface area contributed by atoms with Crippen LogP contribution in [0, 0.1) is 0 Å². The molecule has 0 aromatic carbocycles. The molecule has 0 N–H and O–H groups in total. The predicted molar refractivity (Wildman–Crippen MR) is 33.7 cm³/mol. The zero-order chi connectivity index (χ0) is 4.24. The van der Waals surface area contributed by atoms with Crippen molar-refractivity contribution in [1.29, 1.82) is 0 Å². The summed E-state index contributed by atoms with van der Waals surface area (Å²) in [5.41, 5.74) is 0. The van der Waals surface area contributed by atoms with Gasteiger partial charge in [-0.05, 0) is 5.41 Å². The minimum absolute atomic E-state index is 0. The smallest absolute Gasteiger partial charge is 0.110 e. The van der Waals surface area contributed by atoms with Crippen molar-refractivity contribution < 1.29 is 0 Å². The van der Waals surface area contributed by atoms with E-state index in [1.54, 1.807) is 18.0 Å². The van der Waals surface area contributed by atoms with Crippen LogP contribution in [0.1, 0.15) is 0 Å². The highest BCUT2D eigenvalue weighted by molar-refractivity contribution is 8.02. The average Bonchev–Trinajstić information content (AvgIpc) is 1.72. The monoisotopic (exact) mass is 136 g/mol. The Morgan fingerprint density at radius 3 is 2.57 bits per heavy atom. The summed E-state index contributed by atoms with van der Waals surface area (Å²) in [6, 6.07) is 0. The van der Waals surface area contributed by atoms with Gasteiger partial charge in [0.25, 0.3) is 0 Å². The zero-order valence-electron chi connectivity index (χ0n) is 3.57. The molecule has 0 aromatic heterocycles. The second kappa shape index (κ2) is 4.15. The Morgan fingerprint density at radius 2 is 2.43 bits per heavy atom. The minimum Gasteiger partial charge on any atom is -0.178 e. The molecule has 0 unspecified atom stereocenters. The maximum Gasteiger partial charge on any atom is 0.110 e. The Morgan fingerprint density at radius 1 is 1.57 bits per heavy atom. The van der Waals surface area contributed by atoms with Crippen LogP contribution < -0.4 is 0 Å². The lowest BCUT2D eigenvalue weighted by Crippen LogP contribution is -1.66. The number of nitrogens with zero attached hydrogens (tertiary/aromatic N) is 2. The number of rotatable bonds is 0. The van der Waals surface area contributed by atoms with Crippen LogP contribution >= 0.6 is 24.2 Å². The first kappa shape index (κ1) is 6.98. The average molecular weight is 137 g/mol. The third kappa shape index (κ3) is 2.65. The lowest BCUT2D eigenvalue weighted by molar-refractivity contribution is 1.12. The Bertz CT molecular complexity index is 78.9. The highest BCUT2D eigenvalue weighted by Crippen LogP contribution is 2.06. The van der Waals surface area contributed by atoms with Crippen LogP contribution in [0.5, 0.6) is 0 Å². The van der Waals surface area contributed by atoms with E-state index in [9.17, 15) is 0 Å². The summed E-state index contributed by atoms with van der Waals surface area (Å²) in [7, 11) is 0. The molecular formula is C3H5ClN2S. The van der Waals surface area contributed by atoms with Crippen molar-refractivity contribution in [1.82, 2.24) is 0 Å². The van der Waals surface area contributed by atoms with Crippen LogP contribution in [-0.4, -0.2) is 5.88 Å². The number of halogens is 1. The summed E-state index contributed by atoms with van der Waals surface area (Å²) in [5.74, 6) is 0.788. The Hall–Kier alpha value is -0.0200. The Kier molecular flexibility index (Phi) is 4.14. The maximum atomic E-state index is 3.68. The molecule has 4 heteroatoms. The van der Waals surface area contributed by atoms with Gasteiger partial charge in [-0.2, -0.15) is 10.2 Å². The van der Waals surface area contributed by atoms with Gasteiger partial charge in [0, 0.05) is 0 Å². The van der Waals surface area contributed by atoms with E-state index in [0.717, 1.165) is 5.88 Å². The number of azo groups is 1. The van der Waals surface area contributed by atoms with Crippen LogP contribution in [0.2, 0.25) is 0 Å². The maximum absolute atomic E-state index is 3.68. The van der Waals surface area contributed by atoms with E-state index in [1.807, 2.05) is 5.41 Å². The van der Waals surface area contributed by atoms with E-state index in [-0.39, 0.29) is 12.4 Å². The summed E-state index contributed by atoms with van der Waals surface area (Å²) < 4.78 is 0. The van der Waals surface area contributed by atoms with Gasteiger partial charge in [0.15, 0.2) is 0 Å². The molecule has 1 rings (SSSR count). The first-order chi connectivity index (χ1) is 3.00. The van der Waals surface area contributed by atoms with Crippen LogP contribution in [0.3, 0.4) is 0 Å².